The summed E-state index contributed by atoms with van der Waals surface area (Å²) in [7, 11) is 0. The number of primary amides is 1. The first-order valence-corrected chi connectivity index (χ1v) is 25.8. The van der Waals surface area contributed by atoms with Gasteiger partial charge in [0.15, 0.2) is 0 Å². The van der Waals surface area contributed by atoms with Crippen molar-refractivity contribution >= 4 is 69.8 Å². The lowest BCUT2D eigenvalue weighted by atomic mass is 9.98. The first kappa shape index (κ1) is 69.8. The van der Waals surface area contributed by atoms with Crippen molar-refractivity contribution in [3.63, 3.8) is 0 Å². The Morgan fingerprint density at radius 2 is 1.40 bits per heavy atom. The molecule has 15 N–H and O–H groups in total. The number of anilines is 1. The summed E-state index contributed by atoms with van der Waals surface area (Å²) in [6.07, 6.45) is 7.84. The molecule has 0 aliphatic heterocycles. The van der Waals surface area contributed by atoms with E-state index in [0.717, 1.165) is 31.7 Å². The third kappa shape index (κ3) is 31.0. The number of carbonyl (C=O) groups is 7. The Kier molecular flexibility index (Phi) is 36.7. The molecule has 0 aliphatic rings. The number of nitrogens with two attached hydrogens (primary N) is 3. The smallest absolute Gasteiger partial charge is 0.299 e. The molecule has 0 aliphatic carbocycles. The minimum absolute atomic E-state index is 0.0219. The van der Waals surface area contributed by atoms with Crippen LogP contribution in [-0.2, 0) is 33.6 Å². The van der Waals surface area contributed by atoms with Gasteiger partial charge in [-0.15, -0.1) is 0 Å². The zero-order chi connectivity index (χ0) is 59.0. The second kappa shape index (κ2) is 41.0. The molecular formula is C53H83N13O12. The van der Waals surface area contributed by atoms with Crippen LogP contribution in [0.1, 0.15) is 104 Å². The number of nitrogens with zero attached hydrogens (tertiary/aromatic N) is 2. The molecular weight excluding hydrogens is 1010 g/mol. The van der Waals surface area contributed by atoms with Crippen LogP contribution < -0.4 is 54.4 Å². The number of unbranched alkanes of at least 4 members (excludes halogenated alkanes) is 2. The number of para-hydroxylation sites is 1. The molecule has 4 unspecified atom stereocenters. The van der Waals surface area contributed by atoms with Crippen LogP contribution in [0.3, 0.4) is 0 Å². The van der Waals surface area contributed by atoms with Crippen LogP contribution in [0.5, 0.6) is 5.75 Å². The summed E-state index contributed by atoms with van der Waals surface area (Å²) in [6, 6.07) is 16.9. The van der Waals surface area contributed by atoms with Crippen molar-refractivity contribution in [1.29, 1.82) is 0 Å². The summed E-state index contributed by atoms with van der Waals surface area (Å²) < 4.78 is 0. The molecule has 3 aromatic carbocycles. The highest BCUT2D eigenvalue weighted by Crippen LogP contribution is 2.29. The Bertz CT molecular complexity index is 2430. The third-order valence-electron chi connectivity index (χ3n) is 11.1. The lowest BCUT2D eigenvalue weighted by molar-refractivity contribution is -0.393. The van der Waals surface area contributed by atoms with Gasteiger partial charge < -0.3 is 64.5 Å². The molecule has 7 amide bonds. The molecule has 0 bridgehead atoms. The van der Waals surface area contributed by atoms with Gasteiger partial charge >= 0.3 is 0 Å². The first-order chi connectivity index (χ1) is 37.1. The Balaban J connectivity index is 0.00000130. The van der Waals surface area contributed by atoms with E-state index < -0.39 is 51.2 Å². The minimum Gasteiger partial charge on any atom is -0.508 e. The summed E-state index contributed by atoms with van der Waals surface area (Å²) in [5.74, 6) is -2.65. The number of aromatic nitrogens is 1. The lowest BCUT2D eigenvalue weighted by Gasteiger charge is -2.20. The van der Waals surface area contributed by atoms with E-state index in [1.165, 1.54) is 40.6 Å². The van der Waals surface area contributed by atoms with Crippen LogP contribution in [-0.4, -0.2) is 119 Å². The topological polar surface area (TPSA) is 404 Å². The zero-order valence-corrected chi connectivity index (χ0v) is 46.0. The second-order valence-electron chi connectivity index (χ2n) is 17.9. The number of phenols is 1. The van der Waals surface area contributed by atoms with Crippen LogP contribution >= 0.6 is 0 Å². The van der Waals surface area contributed by atoms with Gasteiger partial charge in [-0.25, -0.2) is 0 Å². The number of fused-ring (bicyclic) bond motifs is 1. The number of nitro benzene ring substituents is 2. The molecule has 1 aromatic heterocycles. The zero-order valence-electron chi connectivity index (χ0n) is 46.0. The van der Waals surface area contributed by atoms with E-state index in [0.29, 0.717) is 44.6 Å². The number of rotatable bonds is 28. The second-order valence-corrected chi connectivity index (χ2v) is 17.9. The Morgan fingerprint density at radius 1 is 0.756 bits per heavy atom. The van der Waals surface area contributed by atoms with E-state index in [-0.39, 0.29) is 67.6 Å². The number of phenolic OH excluding ortho intramolecular Hbond substituents is 1. The largest absolute Gasteiger partial charge is 0.508 e. The number of aromatic amines is 1. The molecule has 1 heterocycles. The average Bonchev–Trinajstić information content (AvgIpc) is 3.79. The van der Waals surface area contributed by atoms with Crippen LogP contribution in [0.4, 0.5) is 17.1 Å². The highest BCUT2D eigenvalue weighted by Gasteiger charge is 2.24. The number of non-ortho nitro benzene ring substituents is 1. The van der Waals surface area contributed by atoms with Crippen molar-refractivity contribution in [2.45, 2.75) is 124 Å². The molecule has 0 fully saturated rings. The summed E-state index contributed by atoms with van der Waals surface area (Å²) >= 11 is 0. The fourth-order valence-electron chi connectivity index (χ4n) is 6.65. The number of nitro groups is 2. The van der Waals surface area contributed by atoms with Crippen molar-refractivity contribution in [2.75, 3.05) is 44.6 Å². The minimum atomic E-state index is -1.07. The van der Waals surface area contributed by atoms with Gasteiger partial charge in [0.1, 0.15) is 23.5 Å². The number of benzene rings is 3. The van der Waals surface area contributed by atoms with Crippen molar-refractivity contribution in [1.82, 2.24) is 36.9 Å². The maximum Gasteiger partial charge on any atom is 0.299 e. The fourth-order valence-corrected chi connectivity index (χ4v) is 6.65. The van der Waals surface area contributed by atoms with Crippen molar-refractivity contribution < 1.29 is 48.5 Å². The van der Waals surface area contributed by atoms with Gasteiger partial charge in [0, 0.05) is 48.7 Å². The molecule has 0 saturated carbocycles. The molecule has 25 nitrogen and oxygen atoms in total. The molecule has 25 heteroatoms. The number of aryl methyl sites for hydroxylation is 2. The first-order valence-electron chi connectivity index (χ1n) is 25.8. The van der Waals surface area contributed by atoms with Gasteiger partial charge in [-0.05, 0) is 95.2 Å². The number of aromatic hydroxyl groups is 1. The van der Waals surface area contributed by atoms with Gasteiger partial charge in [-0.1, -0.05) is 82.9 Å². The molecule has 432 valence electrons. The van der Waals surface area contributed by atoms with Gasteiger partial charge in [-0.2, -0.15) is 0 Å². The molecule has 0 spiro atoms. The quantitative estimate of drug-likeness (QED) is 0.0165. The van der Waals surface area contributed by atoms with Gasteiger partial charge in [-0.3, -0.25) is 53.8 Å². The summed E-state index contributed by atoms with van der Waals surface area (Å²) in [5, 5.41) is 50.0. The fraction of sp³-hybridized carbons (Fsp3) is 0.491. The van der Waals surface area contributed by atoms with E-state index >= 15 is 0 Å². The number of carbonyl (C=O) groups excluding carboxylic acids is 7. The van der Waals surface area contributed by atoms with Gasteiger partial charge in [0.05, 0.1) is 35.5 Å². The number of H-pyrrole nitrogens is 1. The van der Waals surface area contributed by atoms with E-state index in [1.54, 1.807) is 12.1 Å². The Hall–Kier alpha value is -8.19. The average molecular weight is 1090 g/mol. The predicted molar refractivity (Wildman–Crippen MR) is 301 cm³/mol. The summed E-state index contributed by atoms with van der Waals surface area (Å²) in [4.78, 5) is 105. The SMILES string of the molecule is CC(CCCCN)NC(=O)CNC(=O)C(CCC(=O)NCCCCNc1ccc([N+](=O)[O-])cc1[N+](=O)[O-])NC(=O)CN.CCC.CCC(C)C(NC(=O)CNC=O)C(N)=O.Cc1c[nH]c2ccccc12.Cc1ccc(O)cc1. The van der Waals surface area contributed by atoms with Crippen LogP contribution in [0.2, 0.25) is 0 Å². The van der Waals surface area contributed by atoms with Gasteiger partial charge in [0.25, 0.3) is 11.4 Å². The van der Waals surface area contributed by atoms with Crippen LogP contribution in [0.25, 0.3) is 10.9 Å². The molecule has 78 heavy (non-hydrogen) atoms. The highest BCUT2D eigenvalue weighted by atomic mass is 16.6. The van der Waals surface area contributed by atoms with Crippen molar-refractivity contribution in [3.8, 4) is 5.75 Å². The molecule has 4 atom stereocenters. The Labute approximate surface area is 456 Å². The van der Waals surface area contributed by atoms with Crippen LogP contribution in [0.15, 0.2) is 72.9 Å². The maximum atomic E-state index is 12.6. The van der Waals surface area contributed by atoms with E-state index in [4.69, 9.17) is 22.3 Å². The van der Waals surface area contributed by atoms with Crippen LogP contribution in [0, 0.1) is 40.0 Å². The summed E-state index contributed by atoms with van der Waals surface area (Å²) in [5.41, 5.74) is 19.0. The number of nitrogens with one attached hydrogen (secondary N) is 8. The maximum absolute atomic E-state index is 12.6. The number of hydrogen-bond donors (Lipinski definition) is 12. The third-order valence-corrected chi connectivity index (χ3v) is 11.1. The number of amides is 7. The molecule has 4 aromatic rings. The predicted octanol–water partition coefficient (Wildman–Crippen LogP) is 4.13. The Morgan fingerprint density at radius 3 is 1.96 bits per heavy atom. The van der Waals surface area contributed by atoms with E-state index in [1.807, 2.05) is 52.1 Å². The lowest BCUT2D eigenvalue weighted by Crippen LogP contribution is -2.51. The normalized spacial score (nSPS) is 11.6. The molecule has 4 rings (SSSR count). The molecule has 0 saturated heterocycles. The molecule has 0 radical (unpaired) electrons. The standard InChI is InChI=1S/C25H41N9O8.C9H17N3O3.C9H9N.C7H8O.C3H8/c1-17(6-2-3-11-26)31-24(37)16-30-25(38)20(32-23(36)15-27)9-10-22(35)29-13-5-4-12-28-19-8-7-18(33(39)40)14-21(19)34(41)42;1-3-6(2)8(9(10)15)12-7(14)4-11-5-13;1-7-6-10-9-5-3-2-4-8(7)9;1-6-2-4-7(8)5-3-6;1-3-2/h7-8,14,17,20,28H,2-6,9-13,15-16,26-27H2,1H3,(H,29,35)(H,30,38)(H,31,37)(H,32,36);5-6,8H,3-4H2,1-2H3,(H2,10,15)(H,11,13)(H,12,14);2-6,10H,1H3;2-5,8H,1H3;3H2,1-2H3. The van der Waals surface area contributed by atoms with Crippen molar-refractivity contribution in [3.05, 3.63) is 104 Å². The van der Waals surface area contributed by atoms with Gasteiger partial charge in [0.2, 0.25) is 41.9 Å². The van der Waals surface area contributed by atoms with Crippen molar-refractivity contribution in [2.24, 2.45) is 23.1 Å². The summed E-state index contributed by atoms with van der Waals surface area (Å²) in [6.45, 7) is 14.3. The monoisotopic (exact) mass is 1090 g/mol. The highest BCUT2D eigenvalue weighted by molar-refractivity contribution is 5.91. The number of hydrogen-bond acceptors (Lipinski definition) is 15. The van der Waals surface area contributed by atoms with E-state index in [9.17, 15) is 53.8 Å². The van der Waals surface area contributed by atoms with E-state index in [2.05, 4.69) is 81.2 Å².